The van der Waals surface area contributed by atoms with E-state index in [1.165, 1.54) is 23.1 Å². The van der Waals surface area contributed by atoms with Gasteiger partial charge < -0.3 is 20.4 Å². The molecule has 6 heteroatoms. The topological polar surface area (TPSA) is 72.8 Å². The molecular weight excluding hydrogens is 244 g/mol. The van der Waals surface area contributed by atoms with Crippen LogP contribution in [0.1, 0.15) is 6.42 Å². The molecule has 1 atom stereocenters. The number of amides is 2. The van der Waals surface area contributed by atoms with Crippen molar-refractivity contribution in [2.45, 2.75) is 12.5 Å². The van der Waals surface area contributed by atoms with Gasteiger partial charge in [-0.25, -0.2) is 4.79 Å². The number of rotatable bonds is 1. The smallest absolute Gasteiger partial charge is 0.322 e. The fourth-order valence-corrected chi connectivity index (χ4v) is 1.90. The van der Waals surface area contributed by atoms with Crippen LogP contribution >= 0.6 is 11.6 Å². The van der Waals surface area contributed by atoms with Gasteiger partial charge in [0.25, 0.3) is 0 Å². The van der Waals surface area contributed by atoms with Crippen LogP contribution in [-0.2, 0) is 0 Å². The number of hydrogen-bond donors (Lipinski definition) is 3. The average Bonchev–Trinajstić information content (AvgIpc) is 2.70. The Balaban J connectivity index is 2.05. The number of anilines is 1. The number of nitrogens with one attached hydrogen (secondary N) is 1. The molecule has 0 radical (unpaired) electrons. The summed E-state index contributed by atoms with van der Waals surface area (Å²) in [6.07, 6.45) is 0.114. The number of nitrogens with zero attached hydrogens (tertiary/aromatic N) is 1. The van der Waals surface area contributed by atoms with Crippen LogP contribution in [0, 0.1) is 0 Å². The number of urea groups is 1. The van der Waals surface area contributed by atoms with Gasteiger partial charge in [-0.2, -0.15) is 0 Å². The van der Waals surface area contributed by atoms with Crippen LogP contribution in [0.5, 0.6) is 5.75 Å². The highest BCUT2D eigenvalue weighted by Gasteiger charge is 2.24. The van der Waals surface area contributed by atoms with E-state index in [2.05, 4.69) is 5.32 Å². The van der Waals surface area contributed by atoms with Gasteiger partial charge in [0.05, 0.1) is 11.8 Å². The molecule has 0 bridgehead atoms. The van der Waals surface area contributed by atoms with Crippen molar-refractivity contribution in [2.75, 3.05) is 18.4 Å². The molecule has 1 aliphatic rings. The minimum atomic E-state index is -0.464. The van der Waals surface area contributed by atoms with Crippen LogP contribution in [0.2, 0.25) is 5.02 Å². The molecule has 1 aromatic carbocycles. The normalized spacial score (nSPS) is 19.4. The molecule has 0 aromatic heterocycles. The van der Waals surface area contributed by atoms with E-state index in [9.17, 15) is 15.0 Å². The SMILES string of the molecule is O=C(Nc1cc(Cl)ccc1O)N1CCC(O)C1. The molecule has 1 fully saturated rings. The van der Waals surface area contributed by atoms with Crippen LogP contribution in [0.15, 0.2) is 18.2 Å². The summed E-state index contributed by atoms with van der Waals surface area (Å²) in [6, 6.07) is 4.07. The highest BCUT2D eigenvalue weighted by atomic mass is 35.5. The third kappa shape index (κ3) is 2.81. The lowest BCUT2D eigenvalue weighted by molar-refractivity contribution is 0.176. The quantitative estimate of drug-likeness (QED) is 0.669. The Kier molecular flexibility index (Phi) is 3.40. The van der Waals surface area contributed by atoms with Crippen LogP contribution in [0.25, 0.3) is 0 Å². The second-order valence-electron chi connectivity index (χ2n) is 3.98. The number of phenolic OH excluding ortho intramolecular Hbond substituents is 1. The molecule has 1 unspecified atom stereocenters. The Morgan fingerprint density at radius 3 is 2.94 bits per heavy atom. The molecule has 1 aliphatic heterocycles. The predicted molar refractivity (Wildman–Crippen MR) is 64.3 cm³/mol. The number of carbonyl (C=O) groups is 1. The van der Waals surface area contributed by atoms with E-state index >= 15 is 0 Å². The lowest BCUT2D eigenvalue weighted by Gasteiger charge is -2.17. The first kappa shape index (κ1) is 12.0. The summed E-state index contributed by atoms with van der Waals surface area (Å²) in [5, 5.41) is 21.8. The maximum absolute atomic E-state index is 11.8. The number of hydrogen-bond acceptors (Lipinski definition) is 3. The Hall–Kier alpha value is -1.46. The second-order valence-corrected chi connectivity index (χ2v) is 4.42. The van der Waals surface area contributed by atoms with Gasteiger partial charge in [-0.15, -0.1) is 0 Å². The van der Waals surface area contributed by atoms with E-state index < -0.39 is 6.10 Å². The highest BCUT2D eigenvalue weighted by molar-refractivity contribution is 6.31. The van der Waals surface area contributed by atoms with Gasteiger partial charge >= 0.3 is 6.03 Å². The first-order chi connectivity index (χ1) is 8.06. The summed E-state index contributed by atoms with van der Waals surface area (Å²) in [5.41, 5.74) is 0.267. The van der Waals surface area contributed by atoms with E-state index in [0.717, 1.165) is 0 Å². The van der Waals surface area contributed by atoms with Crippen molar-refractivity contribution in [1.29, 1.82) is 0 Å². The van der Waals surface area contributed by atoms with E-state index in [1.807, 2.05) is 0 Å². The molecule has 5 nitrogen and oxygen atoms in total. The van der Waals surface area contributed by atoms with Gasteiger partial charge in [-0.3, -0.25) is 0 Å². The molecule has 17 heavy (non-hydrogen) atoms. The van der Waals surface area contributed by atoms with E-state index in [-0.39, 0.29) is 17.5 Å². The zero-order chi connectivity index (χ0) is 12.4. The van der Waals surface area contributed by atoms with Crippen LogP contribution < -0.4 is 5.32 Å². The van der Waals surface area contributed by atoms with Crippen LogP contribution in [-0.4, -0.2) is 40.3 Å². The molecule has 2 rings (SSSR count). The van der Waals surface area contributed by atoms with Gasteiger partial charge in [0.15, 0.2) is 0 Å². The van der Waals surface area contributed by atoms with Crippen LogP contribution in [0.4, 0.5) is 10.5 Å². The number of β-amino-alcohol motifs (C(OH)–C–C–N with tert-alkyl or cyclic N) is 1. The fraction of sp³-hybridized carbons (Fsp3) is 0.364. The fourth-order valence-electron chi connectivity index (χ4n) is 1.73. The standard InChI is InChI=1S/C11H13ClN2O3/c12-7-1-2-10(16)9(5-7)13-11(17)14-4-3-8(15)6-14/h1-2,5,8,15-16H,3-4,6H2,(H,13,17). The van der Waals surface area contributed by atoms with E-state index in [1.54, 1.807) is 0 Å². The molecule has 0 aliphatic carbocycles. The summed E-state index contributed by atoms with van der Waals surface area (Å²) in [5.74, 6) is -0.0394. The van der Waals surface area contributed by atoms with Gasteiger partial charge in [0.1, 0.15) is 5.75 Å². The molecular formula is C11H13ClN2O3. The molecule has 3 N–H and O–H groups in total. The largest absolute Gasteiger partial charge is 0.506 e. The van der Waals surface area contributed by atoms with Crippen molar-refractivity contribution < 1.29 is 15.0 Å². The zero-order valence-electron chi connectivity index (χ0n) is 9.06. The number of aromatic hydroxyl groups is 1. The number of benzene rings is 1. The number of aliphatic hydroxyl groups excluding tert-OH is 1. The maximum Gasteiger partial charge on any atom is 0.322 e. The van der Waals surface area contributed by atoms with Crippen molar-refractivity contribution in [3.05, 3.63) is 23.2 Å². The number of aliphatic hydroxyl groups is 1. The van der Waals surface area contributed by atoms with Crippen molar-refractivity contribution in [3.8, 4) is 5.75 Å². The Labute approximate surface area is 104 Å². The van der Waals surface area contributed by atoms with Gasteiger partial charge in [0, 0.05) is 18.1 Å². The third-order valence-electron chi connectivity index (χ3n) is 2.65. The summed E-state index contributed by atoms with van der Waals surface area (Å²) < 4.78 is 0. The van der Waals surface area contributed by atoms with Gasteiger partial charge in [-0.1, -0.05) is 11.6 Å². The summed E-state index contributed by atoms with van der Waals surface area (Å²) in [4.78, 5) is 13.3. The minimum absolute atomic E-state index is 0.0394. The van der Waals surface area contributed by atoms with Crippen molar-refractivity contribution >= 4 is 23.3 Å². The summed E-state index contributed by atoms with van der Waals surface area (Å²) in [7, 11) is 0. The Morgan fingerprint density at radius 1 is 1.53 bits per heavy atom. The number of carbonyl (C=O) groups excluding carboxylic acids is 1. The van der Waals surface area contributed by atoms with E-state index in [4.69, 9.17) is 11.6 Å². The highest BCUT2D eigenvalue weighted by Crippen LogP contribution is 2.27. The summed E-state index contributed by atoms with van der Waals surface area (Å²) >= 11 is 5.77. The second kappa shape index (κ2) is 4.81. The Morgan fingerprint density at radius 2 is 2.29 bits per heavy atom. The molecule has 0 spiro atoms. The third-order valence-corrected chi connectivity index (χ3v) is 2.89. The minimum Gasteiger partial charge on any atom is -0.506 e. The molecule has 92 valence electrons. The first-order valence-electron chi connectivity index (χ1n) is 5.29. The summed E-state index contributed by atoms with van der Waals surface area (Å²) in [6.45, 7) is 0.821. The molecule has 2 amide bonds. The number of halogens is 1. The van der Waals surface area contributed by atoms with Crippen LogP contribution in [0.3, 0.4) is 0 Å². The molecule has 1 saturated heterocycles. The van der Waals surface area contributed by atoms with Crippen molar-refractivity contribution in [1.82, 2.24) is 4.90 Å². The zero-order valence-corrected chi connectivity index (χ0v) is 9.81. The number of likely N-dealkylation sites (tertiary alicyclic amines) is 1. The number of phenols is 1. The monoisotopic (exact) mass is 256 g/mol. The molecule has 1 heterocycles. The Bertz CT molecular complexity index is 439. The van der Waals surface area contributed by atoms with Crippen molar-refractivity contribution in [3.63, 3.8) is 0 Å². The maximum atomic E-state index is 11.8. The average molecular weight is 257 g/mol. The predicted octanol–water partition coefficient (Wildman–Crippen LogP) is 1.64. The lowest BCUT2D eigenvalue weighted by Crippen LogP contribution is -2.33. The molecule has 1 aromatic rings. The van der Waals surface area contributed by atoms with Crippen molar-refractivity contribution in [2.24, 2.45) is 0 Å². The van der Waals surface area contributed by atoms with Gasteiger partial charge in [0.2, 0.25) is 0 Å². The molecule has 0 saturated carbocycles. The van der Waals surface area contributed by atoms with E-state index in [0.29, 0.717) is 24.5 Å². The lowest BCUT2D eigenvalue weighted by atomic mass is 10.3. The van der Waals surface area contributed by atoms with Gasteiger partial charge in [-0.05, 0) is 24.6 Å². The first-order valence-corrected chi connectivity index (χ1v) is 5.66.